The second-order valence-electron chi connectivity index (χ2n) is 9.29. The van der Waals surface area contributed by atoms with Crippen LogP contribution in [0.1, 0.15) is 53.4 Å². The van der Waals surface area contributed by atoms with Crippen LogP contribution in [0.3, 0.4) is 0 Å². The van der Waals surface area contributed by atoms with Gasteiger partial charge in [-0.3, -0.25) is 13.8 Å². The van der Waals surface area contributed by atoms with Crippen molar-refractivity contribution in [3.63, 3.8) is 0 Å². The lowest BCUT2D eigenvalue weighted by Gasteiger charge is -2.38. The summed E-state index contributed by atoms with van der Waals surface area (Å²) in [7, 11) is -5.08. The fraction of sp³-hybridized carbons (Fsp3) is 0.667. The van der Waals surface area contributed by atoms with E-state index in [0.717, 1.165) is 31.3 Å². The number of phosphoric ester groups is 1. The molecule has 0 aromatic carbocycles. The largest absolute Gasteiger partial charge is 0.479 e. The highest BCUT2D eigenvalue weighted by Gasteiger charge is 2.49. The number of carbonyl (C=O) groups excluding carboxylic acids is 1. The van der Waals surface area contributed by atoms with E-state index in [9.17, 15) is 39.5 Å². The molecule has 13 nitrogen and oxygen atoms in total. The number of nitrogens with two attached hydrogens (primary N) is 1. The molecule has 1 saturated heterocycles. The van der Waals surface area contributed by atoms with E-state index < -0.39 is 63.1 Å². The zero-order chi connectivity index (χ0) is 29.0. The van der Waals surface area contributed by atoms with Gasteiger partial charge in [-0.25, -0.2) is 9.36 Å². The monoisotopic (exact) mass is 565 g/mol. The maximum atomic E-state index is 12.3. The van der Waals surface area contributed by atoms with Gasteiger partial charge in [0, 0.05) is 0 Å². The van der Waals surface area contributed by atoms with E-state index in [4.69, 9.17) is 15.2 Å². The van der Waals surface area contributed by atoms with Crippen molar-refractivity contribution in [3.8, 4) is 0 Å². The van der Waals surface area contributed by atoms with Gasteiger partial charge in [0.2, 0.25) is 5.91 Å². The van der Waals surface area contributed by atoms with Crippen LogP contribution in [0.25, 0.3) is 0 Å². The molecule has 1 rings (SSSR count). The van der Waals surface area contributed by atoms with Crippen LogP contribution >= 0.6 is 7.82 Å². The third-order valence-electron chi connectivity index (χ3n) is 5.60. The average Bonchev–Trinajstić information content (AvgIpc) is 2.80. The van der Waals surface area contributed by atoms with Crippen molar-refractivity contribution in [1.29, 1.82) is 0 Å². The molecule has 1 unspecified atom stereocenters. The number of carboxylic acids is 1. The molecule has 0 aromatic rings. The topological polar surface area (TPSA) is 215 Å². The number of ether oxygens (including phenoxy) is 2. The number of aliphatic hydroxyl groups is 3. The molecule has 14 heteroatoms. The van der Waals surface area contributed by atoms with Crippen LogP contribution in [0.4, 0.5) is 0 Å². The van der Waals surface area contributed by atoms with Crippen molar-refractivity contribution in [3.05, 3.63) is 34.9 Å². The number of hydrogen-bond acceptors (Lipinski definition) is 10. The molecule has 1 amide bonds. The Balaban J connectivity index is 2.57. The molecule has 0 radical (unpaired) electrons. The molecule has 0 saturated carbocycles. The van der Waals surface area contributed by atoms with E-state index in [1.165, 1.54) is 11.1 Å². The molecular formula is C24H40NO12P. The Morgan fingerprint density at radius 1 is 0.974 bits per heavy atom. The zero-order valence-corrected chi connectivity index (χ0v) is 23.0. The van der Waals surface area contributed by atoms with Gasteiger partial charge in [-0.2, -0.15) is 0 Å². The fourth-order valence-electron chi connectivity index (χ4n) is 3.33. The third kappa shape index (κ3) is 12.3. The number of amides is 1. The predicted molar refractivity (Wildman–Crippen MR) is 136 cm³/mol. The highest BCUT2D eigenvalue weighted by Crippen LogP contribution is 2.46. The van der Waals surface area contributed by atoms with E-state index in [-0.39, 0.29) is 6.61 Å². The van der Waals surface area contributed by atoms with Crippen LogP contribution in [-0.2, 0) is 32.7 Å². The maximum Gasteiger partial charge on any atom is 0.474 e. The van der Waals surface area contributed by atoms with E-state index in [2.05, 4.69) is 42.0 Å². The molecule has 7 atom stereocenters. The lowest BCUT2D eigenvalue weighted by molar-refractivity contribution is -0.270. The molecule has 1 heterocycles. The molecule has 1 aliphatic rings. The average molecular weight is 566 g/mol. The first-order valence-corrected chi connectivity index (χ1v) is 13.6. The summed E-state index contributed by atoms with van der Waals surface area (Å²) in [5.74, 6) is -2.69. The minimum Gasteiger partial charge on any atom is -0.479 e. The first-order chi connectivity index (χ1) is 17.6. The molecular weight excluding hydrogens is 525 g/mol. The van der Waals surface area contributed by atoms with Crippen LogP contribution in [0.15, 0.2) is 34.9 Å². The van der Waals surface area contributed by atoms with Crippen molar-refractivity contribution in [2.75, 3.05) is 13.2 Å². The van der Waals surface area contributed by atoms with Gasteiger partial charge in [-0.05, 0) is 53.4 Å². The number of allylic oxidation sites excluding steroid dienone is 5. The normalized spacial score (nSPS) is 26.9. The second-order valence-corrected chi connectivity index (χ2v) is 10.7. The van der Waals surface area contributed by atoms with Crippen LogP contribution in [-0.4, -0.2) is 87.2 Å². The number of primary amides is 1. The van der Waals surface area contributed by atoms with Gasteiger partial charge in [0.25, 0.3) is 0 Å². The van der Waals surface area contributed by atoms with Crippen LogP contribution in [0, 0.1) is 0 Å². The van der Waals surface area contributed by atoms with Crippen molar-refractivity contribution < 1.29 is 58.0 Å². The Bertz CT molecular complexity index is 929. The molecule has 7 N–H and O–H groups in total. The molecule has 218 valence electrons. The van der Waals surface area contributed by atoms with Gasteiger partial charge in [-0.15, -0.1) is 0 Å². The standard InChI is InChI=1S/C24H40NO12P/c1-14(2)7-5-8-15(3)9-6-10-16(4)11-12-34-17(23(30)31)13-35-38(32,33)37-24-20(28)18(26)19(27)21(36-24)22(25)29/h7,9,11,17-21,24,26-28H,5-6,8,10,12-13H2,1-4H3,(H2,25,29)(H,30,31)(H,32,33)/b15-9+,16-11-/t17-,18-,19+,20+,21-,24+/m0/s1. The first-order valence-electron chi connectivity index (χ1n) is 12.1. The van der Waals surface area contributed by atoms with E-state index >= 15 is 0 Å². The lowest BCUT2D eigenvalue weighted by Crippen LogP contribution is -2.61. The number of aliphatic carboxylic acids is 1. The van der Waals surface area contributed by atoms with Crippen molar-refractivity contribution in [2.24, 2.45) is 5.73 Å². The van der Waals surface area contributed by atoms with Gasteiger partial charge in [0.15, 0.2) is 18.5 Å². The van der Waals surface area contributed by atoms with Crippen molar-refractivity contribution in [1.82, 2.24) is 0 Å². The Hall–Kier alpha value is -1.93. The van der Waals surface area contributed by atoms with Gasteiger partial charge in [0.05, 0.1) is 13.2 Å². The molecule has 1 fully saturated rings. The molecule has 38 heavy (non-hydrogen) atoms. The summed E-state index contributed by atoms with van der Waals surface area (Å²) < 4.78 is 31.7. The Labute approximate surface area is 222 Å². The summed E-state index contributed by atoms with van der Waals surface area (Å²) in [6.45, 7) is 7.07. The van der Waals surface area contributed by atoms with Crippen LogP contribution in [0.5, 0.6) is 0 Å². The summed E-state index contributed by atoms with van der Waals surface area (Å²) in [5, 5.41) is 38.8. The summed E-state index contributed by atoms with van der Waals surface area (Å²) in [6.07, 6.45) is -1.93. The van der Waals surface area contributed by atoms with Crippen molar-refractivity contribution >= 4 is 19.7 Å². The summed E-state index contributed by atoms with van der Waals surface area (Å²) in [4.78, 5) is 32.7. The highest BCUT2D eigenvalue weighted by molar-refractivity contribution is 7.47. The van der Waals surface area contributed by atoms with Crippen LogP contribution < -0.4 is 5.73 Å². The summed E-state index contributed by atoms with van der Waals surface area (Å²) >= 11 is 0. The quantitative estimate of drug-likeness (QED) is 0.115. The minimum absolute atomic E-state index is 0.0964. The Morgan fingerprint density at radius 3 is 2.11 bits per heavy atom. The maximum absolute atomic E-state index is 12.3. The van der Waals surface area contributed by atoms with Gasteiger partial charge in [0.1, 0.15) is 18.3 Å². The Kier molecular flexibility index (Phi) is 14.6. The summed E-state index contributed by atoms with van der Waals surface area (Å²) in [5.41, 5.74) is 8.57. The molecule has 0 bridgehead atoms. The van der Waals surface area contributed by atoms with Crippen LogP contribution in [0.2, 0.25) is 0 Å². The first kappa shape index (κ1) is 34.1. The second kappa shape index (κ2) is 16.2. The van der Waals surface area contributed by atoms with E-state index in [1.54, 1.807) is 6.08 Å². The van der Waals surface area contributed by atoms with Crippen molar-refractivity contribution in [2.45, 2.75) is 90.2 Å². The van der Waals surface area contributed by atoms with E-state index in [0.29, 0.717) is 0 Å². The molecule has 1 aliphatic heterocycles. The van der Waals surface area contributed by atoms with Gasteiger partial charge in [-0.1, -0.05) is 34.9 Å². The SMILES string of the molecule is CC(C)=CCC/C(C)=C/CC/C(C)=C\CO[C@@H](COP(=O)(O)O[C@H]1O[C@H](C(N)=O)[C@H](O)[C@H](O)[C@H]1O)C(=O)O. The smallest absolute Gasteiger partial charge is 0.474 e. The minimum atomic E-state index is -5.08. The number of carboxylic acid groups (broad SMARTS) is 1. The molecule has 0 aromatic heterocycles. The van der Waals surface area contributed by atoms with Gasteiger partial charge < -0.3 is 40.5 Å². The summed E-state index contributed by atoms with van der Waals surface area (Å²) in [6, 6.07) is 0. The number of phosphoric acid groups is 1. The molecule has 0 aliphatic carbocycles. The number of carbonyl (C=O) groups is 2. The number of hydrogen-bond donors (Lipinski definition) is 6. The third-order valence-corrected chi connectivity index (χ3v) is 6.55. The lowest BCUT2D eigenvalue weighted by atomic mass is 9.99. The van der Waals surface area contributed by atoms with Gasteiger partial charge >= 0.3 is 13.8 Å². The van der Waals surface area contributed by atoms with E-state index in [1.807, 2.05) is 6.92 Å². The number of aliphatic hydroxyl groups excluding tert-OH is 3. The Morgan fingerprint density at radius 2 is 1.55 bits per heavy atom. The fourth-order valence-corrected chi connectivity index (χ4v) is 4.15. The number of rotatable bonds is 16. The zero-order valence-electron chi connectivity index (χ0n) is 22.1. The predicted octanol–water partition coefficient (Wildman–Crippen LogP) is 1.30. The highest BCUT2D eigenvalue weighted by atomic mass is 31.2. The molecule has 0 spiro atoms.